The highest BCUT2D eigenvalue weighted by molar-refractivity contribution is 5.85. The zero-order chi connectivity index (χ0) is 15.0. The molecule has 1 aromatic rings. The molecule has 1 rings (SSSR count). The normalized spacial score (nSPS) is 10.4. The first kappa shape index (κ1) is 15.7. The van der Waals surface area contributed by atoms with Crippen LogP contribution in [0.5, 0.6) is 0 Å². The van der Waals surface area contributed by atoms with Gasteiger partial charge in [0.15, 0.2) is 0 Å². The first-order valence-corrected chi connectivity index (χ1v) is 6.32. The third-order valence-corrected chi connectivity index (χ3v) is 2.75. The summed E-state index contributed by atoms with van der Waals surface area (Å²) in [7, 11) is 1.89. The highest BCUT2D eigenvalue weighted by Crippen LogP contribution is 2.21. The fourth-order valence-corrected chi connectivity index (χ4v) is 1.71. The van der Waals surface area contributed by atoms with E-state index in [9.17, 15) is 10.1 Å². The van der Waals surface area contributed by atoms with Crippen molar-refractivity contribution in [2.24, 2.45) is 0 Å². The average molecular weight is 274 g/mol. The Kier molecular flexibility index (Phi) is 6.27. The van der Waals surface area contributed by atoms with Crippen LogP contribution in [0.4, 0.5) is 5.69 Å². The van der Waals surface area contributed by atoms with Crippen molar-refractivity contribution in [2.75, 3.05) is 31.7 Å². The summed E-state index contributed by atoms with van der Waals surface area (Å²) in [6.07, 6.45) is 2.52. The van der Waals surface area contributed by atoms with Crippen LogP contribution in [-0.4, -0.2) is 37.9 Å². The van der Waals surface area contributed by atoms with E-state index in [1.54, 1.807) is 12.1 Å². The largest absolute Gasteiger partial charge is 0.478 e. The summed E-state index contributed by atoms with van der Waals surface area (Å²) in [4.78, 5) is 12.4. The number of ether oxygens (including phenoxy) is 1. The number of carboxylic acids is 1. The molecule has 0 spiro atoms. The molecule has 0 aliphatic rings. The average Bonchev–Trinajstić information content (AvgIpc) is 2.44. The maximum Gasteiger partial charge on any atom is 0.328 e. The lowest BCUT2D eigenvalue weighted by Gasteiger charge is -2.20. The molecule has 0 heterocycles. The molecule has 5 nitrogen and oxygen atoms in total. The number of hydrogen-bond acceptors (Lipinski definition) is 4. The second-order valence-corrected chi connectivity index (χ2v) is 4.18. The van der Waals surface area contributed by atoms with Gasteiger partial charge in [-0.2, -0.15) is 5.26 Å². The van der Waals surface area contributed by atoms with Crippen molar-refractivity contribution < 1.29 is 14.6 Å². The molecule has 0 unspecified atom stereocenters. The molecule has 0 amide bonds. The predicted octanol–water partition coefficient (Wildman–Crippen LogP) is 2.13. The Morgan fingerprint density at radius 2 is 2.30 bits per heavy atom. The zero-order valence-corrected chi connectivity index (χ0v) is 11.7. The fourth-order valence-electron chi connectivity index (χ4n) is 1.71. The van der Waals surface area contributed by atoms with E-state index < -0.39 is 5.97 Å². The maximum absolute atomic E-state index is 10.5. The van der Waals surface area contributed by atoms with Crippen LogP contribution in [0.2, 0.25) is 0 Å². The maximum atomic E-state index is 10.5. The predicted molar refractivity (Wildman–Crippen MR) is 77.6 cm³/mol. The van der Waals surface area contributed by atoms with E-state index >= 15 is 0 Å². The van der Waals surface area contributed by atoms with Crippen LogP contribution in [0.3, 0.4) is 0 Å². The van der Waals surface area contributed by atoms with Crippen molar-refractivity contribution in [2.45, 2.75) is 6.92 Å². The summed E-state index contributed by atoms with van der Waals surface area (Å²) in [5.41, 5.74) is 2.00. The van der Waals surface area contributed by atoms with E-state index in [1.165, 1.54) is 6.08 Å². The lowest BCUT2D eigenvalue weighted by Crippen LogP contribution is -2.23. The minimum Gasteiger partial charge on any atom is -0.478 e. The minimum atomic E-state index is -1.01. The quantitative estimate of drug-likeness (QED) is 0.609. The van der Waals surface area contributed by atoms with Crippen molar-refractivity contribution in [3.05, 3.63) is 35.4 Å². The van der Waals surface area contributed by atoms with Gasteiger partial charge in [-0.05, 0) is 30.7 Å². The van der Waals surface area contributed by atoms with Gasteiger partial charge < -0.3 is 14.7 Å². The van der Waals surface area contributed by atoms with Crippen LogP contribution in [0.25, 0.3) is 6.08 Å². The second-order valence-electron chi connectivity index (χ2n) is 4.18. The van der Waals surface area contributed by atoms with E-state index in [1.807, 2.05) is 24.9 Å². The highest BCUT2D eigenvalue weighted by atomic mass is 16.5. The second kappa shape index (κ2) is 7.97. The van der Waals surface area contributed by atoms with E-state index in [0.29, 0.717) is 30.9 Å². The van der Waals surface area contributed by atoms with Crippen molar-refractivity contribution in [3.8, 4) is 6.07 Å². The number of aliphatic carboxylic acids is 1. The number of likely N-dealkylation sites (N-methyl/N-ethyl adjacent to an activating group) is 1. The van der Waals surface area contributed by atoms with Crippen molar-refractivity contribution in [1.82, 2.24) is 0 Å². The van der Waals surface area contributed by atoms with Crippen molar-refractivity contribution in [3.63, 3.8) is 0 Å². The van der Waals surface area contributed by atoms with Crippen LogP contribution < -0.4 is 4.90 Å². The number of nitriles is 1. The third-order valence-electron chi connectivity index (χ3n) is 2.75. The lowest BCUT2D eigenvalue weighted by atomic mass is 10.1. The van der Waals surface area contributed by atoms with Crippen LogP contribution >= 0.6 is 0 Å². The van der Waals surface area contributed by atoms with Gasteiger partial charge in [0.2, 0.25) is 0 Å². The van der Waals surface area contributed by atoms with Crippen molar-refractivity contribution in [1.29, 1.82) is 5.26 Å². The molecule has 20 heavy (non-hydrogen) atoms. The molecule has 0 aliphatic carbocycles. The molecule has 0 fully saturated rings. The molecule has 0 aliphatic heterocycles. The van der Waals surface area contributed by atoms with Gasteiger partial charge in [-0.1, -0.05) is 6.07 Å². The lowest BCUT2D eigenvalue weighted by molar-refractivity contribution is -0.131. The molecule has 0 saturated heterocycles. The highest BCUT2D eigenvalue weighted by Gasteiger charge is 2.07. The molecule has 0 aromatic heterocycles. The van der Waals surface area contributed by atoms with E-state index in [2.05, 4.69) is 6.07 Å². The molecule has 0 radical (unpaired) electrons. The Morgan fingerprint density at radius 3 is 2.90 bits per heavy atom. The van der Waals surface area contributed by atoms with Gasteiger partial charge in [-0.25, -0.2) is 4.79 Å². The number of hydrogen-bond donors (Lipinski definition) is 1. The Labute approximate surface area is 118 Å². The first-order valence-electron chi connectivity index (χ1n) is 6.32. The van der Waals surface area contributed by atoms with Crippen LogP contribution in [0.15, 0.2) is 24.3 Å². The summed E-state index contributed by atoms with van der Waals surface area (Å²) in [5, 5.41) is 17.8. The summed E-state index contributed by atoms with van der Waals surface area (Å²) >= 11 is 0. The molecule has 1 N–H and O–H groups in total. The monoisotopic (exact) mass is 274 g/mol. The molecule has 0 bridgehead atoms. The van der Waals surface area contributed by atoms with Gasteiger partial charge in [-0.3, -0.25) is 0 Å². The Morgan fingerprint density at radius 1 is 1.55 bits per heavy atom. The Bertz CT molecular complexity index is 532. The molecule has 0 atom stereocenters. The molecular formula is C15H18N2O3. The Balaban J connectivity index is 2.88. The summed E-state index contributed by atoms with van der Waals surface area (Å²) in [5.74, 6) is -1.01. The number of anilines is 1. The standard InChI is InChI=1S/C15H18N2O3/c1-3-20-9-8-17(2)14-6-4-12(5-7-15(18)19)10-13(14)11-16/h4-7,10H,3,8-9H2,1-2H3,(H,18,19)/b7-5+. The van der Waals surface area contributed by atoms with Gasteiger partial charge in [-0.15, -0.1) is 0 Å². The Hall–Kier alpha value is -2.32. The smallest absolute Gasteiger partial charge is 0.328 e. The summed E-state index contributed by atoms with van der Waals surface area (Å²) in [6, 6.07) is 7.40. The molecule has 0 saturated carbocycles. The number of benzene rings is 1. The number of nitrogens with zero attached hydrogens (tertiary/aromatic N) is 2. The zero-order valence-electron chi connectivity index (χ0n) is 11.7. The van der Waals surface area contributed by atoms with Crippen LogP contribution in [0, 0.1) is 11.3 Å². The number of rotatable bonds is 7. The molecule has 5 heteroatoms. The van der Waals surface area contributed by atoms with E-state index in [0.717, 1.165) is 11.8 Å². The van der Waals surface area contributed by atoms with Gasteiger partial charge >= 0.3 is 5.97 Å². The van der Waals surface area contributed by atoms with Gasteiger partial charge in [0, 0.05) is 26.3 Å². The van der Waals surface area contributed by atoms with E-state index in [4.69, 9.17) is 9.84 Å². The molecule has 106 valence electrons. The third kappa shape index (κ3) is 4.75. The van der Waals surface area contributed by atoms with Crippen LogP contribution in [-0.2, 0) is 9.53 Å². The van der Waals surface area contributed by atoms with Gasteiger partial charge in [0.1, 0.15) is 6.07 Å². The fraction of sp³-hybridized carbons (Fsp3) is 0.333. The van der Waals surface area contributed by atoms with Gasteiger partial charge in [0.05, 0.1) is 17.9 Å². The number of carbonyl (C=O) groups is 1. The van der Waals surface area contributed by atoms with Crippen LogP contribution in [0.1, 0.15) is 18.1 Å². The first-order chi connectivity index (χ1) is 9.58. The SMILES string of the molecule is CCOCCN(C)c1ccc(/C=C/C(=O)O)cc1C#N. The van der Waals surface area contributed by atoms with E-state index in [-0.39, 0.29) is 0 Å². The van der Waals surface area contributed by atoms with Crippen molar-refractivity contribution >= 4 is 17.7 Å². The number of carboxylic acid groups (broad SMARTS) is 1. The van der Waals surface area contributed by atoms with Gasteiger partial charge in [0.25, 0.3) is 0 Å². The minimum absolute atomic E-state index is 0.511. The molecule has 1 aromatic carbocycles. The summed E-state index contributed by atoms with van der Waals surface area (Å²) in [6.45, 7) is 3.88. The summed E-state index contributed by atoms with van der Waals surface area (Å²) < 4.78 is 5.29. The topological polar surface area (TPSA) is 73.6 Å². The molecular weight excluding hydrogens is 256 g/mol.